The van der Waals surface area contributed by atoms with Gasteiger partial charge in [0.2, 0.25) is 5.91 Å². The number of nitrogens with zero attached hydrogens (tertiary/aromatic N) is 1. The number of carboxylic acids is 2. The first-order valence-electron chi connectivity index (χ1n) is 13.6. The molecule has 0 aliphatic carbocycles. The molecule has 0 aliphatic rings. The number of carboxylic acid groups (broad SMARTS) is 2. The Labute approximate surface area is 318 Å². The van der Waals surface area contributed by atoms with E-state index in [9.17, 15) is 24.6 Å². The third kappa shape index (κ3) is 14.3. The molecule has 0 unspecified atom stereocenters. The fraction of sp³-hybridized carbons (Fsp3) is 0.258. The Bertz CT molecular complexity index is 1630. The van der Waals surface area contributed by atoms with Crippen LogP contribution in [0.4, 0.5) is 0 Å². The third-order valence-electron chi connectivity index (χ3n) is 6.11. The SMILES string of the molecule is CC.CCC(=O)N(C)Cc1ccc2cc(O)c(C(=O)O)cc2c1.CNCc1ccc2cc(O)c(C(=O)O)cc2c1.II(I)I(I)I. The summed E-state index contributed by atoms with van der Waals surface area (Å²) in [4.78, 5) is 35.2. The molecule has 0 heterocycles. The van der Waals surface area contributed by atoms with Crippen LogP contribution in [0.5, 0.6) is 11.5 Å². The van der Waals surface area contributed by atoms with Gasteiger partial charge in [-0.25, -0.2) is 9.59 Å². The number of phenols is 2. The second kappa shape index (κ2) is 22.5. The number of nitrogens with one attached hydrogen (secondary N) is 1. The summed E-state index contributed by atoms with van der Waals surface area (Å²) in [5.41, 5.74) is 1.78. The predicted octanol–water partition coefficient (Wildman–Crippen LogP) is 10.9. The number of aromatic hydroxyl groups is 2. The van der Waals surface area contributed by atoms with Crippen LogP contribution in [0.2, 0.25) is 0 Å². The van der Waals surface area contributed by atoms with E-state index < -0.39 is 11.9 Å². The monoisotopic (exact) mass is 1310 g/mol. The van der Waals surface area contributed by atoms with Gasteiger partial charge in [0.15, 0.2) is 0 Å². The molecule has 254 valence electrons. The number of benzene rings is 4. The minimum absolute atomic E-state index is 0.0482. The van der Waals surface area contributed by atoms with Crippen LogP contribution < -0.4 is 5.32 Å². The second-order valence-electron chi connectivity index (χ2n) is 9.17. The van der Waals surface area contributed by atoms with Gasteiger partial charge in [0.25, 0.3) is 0 Å². The van der Waals surface area contributed by atoms with Crippen molar-refractivity contribution in [2.24, 2.45) is 0 Å². The first-order valence-corrected chi connectivity index (χ1v) is 45.0. The average molecular weight is 1310 g/mol. The van der Waals surface area contributed by atoms with E-state index in [1.807, 2.05) is 51.2 Å². The standard InChI is InChI=1S/C16H17NO4.C13H13NO3.C2H6.I6/c1-3-15(19)17(2)9-10-4-5-11-8-14(18)13(16(20)21)7-12(11)6-10;1-14-7-8-2-3-9-6-12(15)11(13(16)17)5-10(9)4-8;1-2;1-5(2)6(3)4/h4-8,18H,3,9H2,1-2H3,(H,20,21);2-6,14-15H,7H2,1H3,(H,16,17);1-2H3;. The molecule has 1 amide bonds. The summed E-state index contributed by atoms with van der Waals surface area (Å²) < 4.78 is 0. The fourth-order valence-corrected chi connectivity index (χ4v) is 4.06. The molecule has 5 N–H and O–H groups in total. The number of carbonyl (C=O) groups is 3. The molecule has 0 fully saturated rings. The van der Waals surface area contributed by atoms with Gasteiger partial charge in [0.05, 0.1) is 0 Å². The molecular weight excluding hydrogens is 1270 g/mol. The Kier molecular flexibility index (Phi) is 21.4. The van der Waals surface area contributed by atoms with Crippen molar-refractivity contribution in [3.63, 3.8) is 0 Å². The quantitative estimate of drug-likeness (QED) is 0.110. The summed E-state index contributed by atoms with van der Waals surface area (Å²) in [6.45, 7) is 6.99. The Morgan fingerprint density at radius 2 is 1.13 bits per heavy atom. The van der Waals surface area contributed by atoms with Gasteiger partial charge in [0, 0.05) is 26.6 Å². The van der Waals surface area contributed by atoms with Gasteiger partial charge in [0.1, 0.15) is 22.6 Å². The Balaban J connectivity index is 0.000000379. The van der Waals surface area contributed by atoms with Gasteiger partial charge in [-0.3, -0.25) is 4.79 Å². The van der Waals surface area contributed by atoms with E-state index in [1.54, 1.807) is 24.9 Å². The van der Waals surface area contributed by atoms with Crippen molar-refractivity contribution in [1.82, 2.24) is 10.2 Å². The van der Waals surface area contributed by atoms with E-state index in [-0.39, 0.29) is 44.3 Å². The maximum atomic E-state index is 11.6. The molecule has 4 aromatic rings. The summed E-state index contributed by atoms with van der Waals surface area (Å²) in [6.07, 6.45) is 0.446. The van der Waals surface area contributed by atoms with E-state index in [0.29, 0.717) is 13.0 Å². The minimum atomic E-state index is -1.17. The van der Waals surface area contributed by atoms with Crippen molar-refractivity contribution in [1.29, 1.82) is 0 Å². The zero-order valence-electron chi connectivity index (χ0n) is 25.6. The number of halogens is 6. The summed E-state index contributed by atoms with van der Waals surface area (Å²) >= 11 is 10.5. The third-order valence-corrected chi connectivity index (χ3v) is 171. The van der Waals surface area contributed by atoms with Gasteiger partial charge >= 0.3 is 102 Å². The molecule has 0 radical (unpaired) electrons. The number of hydrogen-bond acceptors (Lipinski definition) is 6. The van der Waals surface area contributed by atoms with Crippen molar-refractivity contribution >= 4 is 130 Å². The van der Waals surface area contributed by atoms with Crippen LogP contribution in [-0.2, 0) is 17.9 Å². The van der Waals surface area contributed by atoms with Crippen LogP contribution in [0.25, 0.3) is 21.5 Å². The van der Waals surface area contributed by atoms with Crippen LogP contribution in [-0.4, -0.2) is 57.3 Å². The number of rotatable bonds is 8. The molecule has 0 spiro atoms. The van der Waals surface area contributed by atoms with Crippen molar-refractivity contribution in [3.8, 4) is 11.5 Å². The molecule has 9 nitrogen and oxygen atoms in total. The number of aromatic carboxylic acids is 2. The zero-order valence-corrected chi connectivity index (χ0v) is 38.6. The van der Waals surface area contributed by atoms with Crippen LogP contribution in [0.3, 0.4) is 0 Å². The maximum absolute atomic E-state index is 11.6. The summed E-state index contributed by atoms with van der Waals surface area (Å²) in [6, 6.07) is 17.1. The summed E-state index contributed by atoms with van der Waals surface area (Å²) in [7, 11) is 2.95. The van der Waals surface area contributed by atoms with E-state index in [0.717, 1.165) is 39.2 Å². The fourth-order valence-electron chi connectivity index (χ4n) is 4.06. The van der Waals surface area contributed by atoms with Gasteiger partial charge < -0.3 is 30.6 Å². The summed E-state index contributed by atoms with van der Waals surface area (Å²) in [5, 5.41) is 43.3. The van der Waals surface area contributed by atoms with Gasteiger partial charge in [-0.2, -0.15) is 0 Å². The van der Waals surface area contributed by atoms with Crippen molar-refractivity contribution in [2.45, 2.75) is 40.3 Å². The van der Waals surface area contributed by atoms with Crippen molar-refractivity contribution in [2.75, 3.05) is 14.1 Å². The Morgan fingerprint density at radius 1 is 0.717 bits per heavy atom. The molecule has 46 heavy (non-hydrogen) atoms. The van der Waals surface area contributed by atoms with Gasteiger partial charge in [-0.1, -0.05) is 45.0 Å². The number of carbonyl (C=O) groups excluding carboxylic acids is 1. The number of fused-ring (bicyclic) bond motifs is 2. The summed E-state index contributed by atoms with van der Waals surface area (Å²) in [5.74, 6) is -2.69. The first-order chi connectivity index (χ1) is 21.7. The van der Waals surface area contributed by atoms with Gasteiger partial charge in [-0.05, 0) is 76.1 Å². The predicted molar refractivity (Wildman–Crippen MR) is 240 cm³/mol. The van der Waals surface area contributed by atoms with E-state index in [4.69, 9.17) is 10.2 Å². The van der Waals surface area contributed by atoms with Crippen LogP contribution in [0.15, 0.2) is 60.7 Å². The molecule has 0 saturated carbocycles. The molecule has 15 heteroatoms. The molecule has 0 aliphatic heterocycles. The molecule has 0 atom stereocenters. The molecule has 4 rings (SSSR count). The molecule has 0 saturated heterocycles. The van der Waals surface area contributed by atoms with Crippen molar-refractivity contribution < 1.29 is 34.8 Å². The second-order valence-corrected chi connectivity index (χ2v) is 107. The zero-order chi connectivity index (χ0) is 35.1. The van der Waals surface area contributed by atoms with Crippen molar-refractivity contribution in [3.05, 3.63) is 82.9 Å². The van der Waals surface area contributed by atoms with Crippen LogP contribution in [0, 0.1) is 0 Å². The topological polar surface area (TPSA) is 147 Å². The van der Waals surface area contributed by atoms with E-state index >= 15 is 0 Å². The Hall–Kier alpha value is -0.250. The molecule has 0 bridgehead atoms. The van der Waals surface area contributed by atoms with E-state index in [1.165, 1.54) is 24.3 Å². The molecule has 0 aromatic heterocycles. The normalized spacial score (nSPS) is 10.7. The molecular formula is C31H36I6N2O7. The molecule has 4 aromatic carbocycles. The van der Waals surface area contributed by atoms with Crippen LogP contribution in [0.1, 0.15) is 59.0 Å². The van der Waals surface area contributed by atoms with E-state index in [2.05, 4.69) is 79.8 Å². The van der Waals surface area contributed by atoms with Gasteiger partial charge in [-0.15, -0.1) is 0 Å². The number of amides is 1. The van der Waals surface area contributed by atoms with Crippen LogP contribution >= 0.6 is 90.3 Å². The average Bonchev–Trinajstić information content (AvgIpc) is 3.01. The Morgan fingerprint density at radius 3 is 1.50 bits per heavy atom. The first kappa shape index (κ1) is 43.8. The number of hydrogen-bond donors (Lipinski definition) is 5.